The molecule has 9 nitrogen and oxygen atoms in total. The van der Waals surface area contributed by atoms with E-state index in [0.29, 0.717) is 11.8 Å². The Hall–Kier alpha value is -3.43. The van der Waals surface area contributed by atoms with Gasteiger partial charge in [0.25, 0.3) is 12.6 Å². The molecule has 40 heavy (non-hydrogen) atoms. The molecule has 0 aliphatic rings. The van der Waals surface area contributed by atoms with Crippen molar-refractivity contribution in [1.29, 1.82) is 0 Å². The molecule has 0 spiro atoms. The first-order chi connectivity index (χ1) is 18.5. The lowest BCUT2D eigenvalue weighted by Gasteiger charge is -2.30. The Morgan fingerprint density at radius 1 is 0.550 bits per heavy atom. The average molecular weight is 559 g/mol. The summed E-state index contributed by atoms with van der Waals surface area (Å²) < 4.78 is 10.6. The molecule has 2 aromatic rings. The van der Waals surface area contributed by atoms with Gasteiger partial charge in [-0.15, -0.1) is 9.78 Å². The Bertz CT molecular complexity index is 1030. The van der Waals surface area contributed by atoms with Crippen molar-refractivity contribution in [3.8, 4) is 0 Å². The van der Waals surface area contributed by atoms with Crippen LogP contribution in [0, 0.1) is 10.8 Å². The van der Waals surface area contributed by atoms with Crippen LogP contribution in [0.3, 0.4) is 0 Å². The van der Waals surface area contributed by atoms with E-state index >= 15 is 0 Å². The van der Waals surface area contributed by atoms with Crippen molar-refractivity contribution in [2.45, 2.75) is 93.7 Å². The summed E-state index contributed by atoms with van der Waals surface area (Å²) in [7, 11) is 0. The van der Waals surface area contributed by atoms with Crippen LogP contribution in [-0.4, -0.2) is 30.7 Å². The lowest BCUT2D eigenvalue weighted by atomic mass is 9.96. The molecule has 2 atom stereocenters. The van der Waals surface area contributed by atoms with E-state index < -0.39 is 41.5 Å². The molecule has 220 valence electrons. The summed E-state index contributed by atoms with van der Waals surface area (Å²) in [6.07, 6.45) is -3.81. The predicted octanol–water partition coefficient (Wildman–Crippen LogP) is 7.71. The van der Waals surface area contributed by atoms with Gasteiger partial charge in [0.05, 0.1) is 11.1 Å². The maximum absolute atomic E-state index is 12.7. The van der Waals surface area contributed by atoms with Crippen molar-refractivity contribution in [3.05, 3.63) is 70.8 Å². The van der Waals surface area contributed by atoms with Crippen LogP contribution in [0.2, 0.25) is 0 Å². The molecule has 0 heterocycles. The highest BCUT2D eigenvalue weighted by molar-refractivity contribution is 5.89. The fraction of sp³-hybridized carbons (Fsp3) is 0.516. The summed E-state index contributed by atoms with van der Waals surface area (Å²) in [6.45, 7) is 18.5. The van der Waals surface area contributed by atoms with Crippen LogP contribution in [0.5, 0.6) is 0 Å². The van der Waals surface area contributed by atoms with E-state index in [4.69, 9.17) is 29.0 Å². The molecule has 0 saturated heterocycles. The molecule has 2 aromatic carbocycles. The smallest absolute Gasteiger partial charge is 0.400 e. The van der Waals surface area contributed by atoms with Crippen LogP contribution in [0.25, 0.3) is 0 Å². The first kappa shape index (κ1) is 32.8. The summed E-state index contributed by atoms with van der Waals surface area (Å²) in [5.41, 5.74) is 1.10. The Balaban J connectivity index is 2.00. The lowest BCUT2D eigenvalue weighted by molar-refractivity contribution is -0.371. The number of benzene rings is 2. The zero-order chi connectivity index (χ0) is 30.3. The first-order valence-corrected chi connectivity index (χ1v) is 13.3. The van der Waals surface area contributed by atoms with Gasteiger partial charge in [-0.2, -0.15) is 0 Å². The third kappa shape index (κ3) is 9.95. The van der Waals surface area contributed by atoms with E-state index in [1.54, 1.807) is 65.8 Å². The topological polar surface area (TPSA) is 107 Å². The molecule has 2 rings (SSSR count). The van der Waals surface area contributed by atoms with E-state index in [1.165, 1.54) is 0 Å². The highest BCUT2D eigenvalue weighted by atomic mass is 17.2. The fourth-order valence-corrected chi connectivity index (χ4v) is 3.16. The fourth-order valence-electron chi connectivity index (χ4n) is 3.16. The number of carbonyl (C=O) groups is 3. The largest absolute Gasteiger partial charge is 0.513 e. The van der Waals surface area contributed by atoms with Gasteiger partial charge in [-0.1, -0.05) is 93.5 Å². The standard InChI is InChI=1S/C31H42O9/c1-19(2)21-11-15-23(16-12-21)25(32)37-39-27(30(5,6)7)35-29(34)36-28(31(8,9)10)40-38-26(33)24-17-13-22(14-18-24)20(3)4/h11-20,27-28H,1-10H3. The third-order valence-corrected chi connectivity index (χ3v) is 5.87. The van der Waals surface area contributed by atoms with Gasteiger partial charge < -0.3 is 9.47 Å². The minimum atomic E-state index is -1.32. The van der Waals surface area contributed by atoms with E-state index in [2.05, 4.69) is 0 Å². The molecule has 0 N–H and O–H groups in total. The quantitative estimate of drug-likeness (QED) is 0.125. The first-order valence-electron chi connectivity index (χ1n) is 13.3. The normalized spacial score (nSPS) is 13.5. The van der Waals surface area contributed by atoms with Gasteiger partial charge in [-0.3, -0.25) is 9.78 Å². The monoisotopic (exact) mass is 558 g/mol. The van der Waals surface area contributed by atoms with Gasteiger partial charge in [0, 0.05) is 10.8 Å². The lowest BCUT2D eigenvalue weighted by Crippen LogP contribution is -2.39. The van der Waals surface area contributed by atoms with E-state index in [1.807, 2.05) is 52.0 Å². The summed E-state index contributed by atoms with van der Waals surface area (Å²) >= 11 is 0. The van der Waals surface area contributed by atoms with Gasteiger partial charge in [0.1, 0.15) is 0 Å². The molecular weight excluding hydrogens is 516 g/mol. The summed E-state index contributed by atoms with van der Waals surface area (Å²) in [5, 5.41) is 0. The van der Waals surface area contributed by atoms with Crippen LogP contribution in [-0.2, 0) is 29.0 Å². The van der Waals surface area contributed by atoms with Crippen LogP contribution in [0.15, 0.2) is 48.5 Å². The van der Waals surface area contributed by atoms with Crippen LogP contribution < -0.4 is 0 Å². The minimum absolute atomic E-state index is 0.279. The Morgan fingerprint density at radius 2 is 0.850 bits per heavy atom. The van der Waals surface area contributed by atoms with Crippen LogP contribution in [0.4, 0.5) is 4.79 Å². The summed E-state index contributed by atoms with van der Waals surface area (Å²) in [4.78, 5) is 58.1. The zero-order valence-electron chi connectivity index (χ0n) is 25.1. The van der Waals surface area contributed by atoms with E-state index in [-0.39, 0.29) is 11.1 Å². The maximum Gasteiger partial charge on any atom is 0.513 e. The molecule has 0 aliphatic carbocycles. The SMILES string of the molecule is CC(C)c1ccc(C(=O)OOC(OC(=O)OC(OOC(=O)c2ccc(C(C)C)cc2)C(C)(C)C)C(C)(C)C)cc1. The number of ether oxygens (including phenoxy) is 2. The molecular formula is C31H42O9. The molecule has 0 fully saturated rings. The van der Waals surface area contributed by atoms with E-state index in [0.717, 1.165) is 11.1 Å². The third-order valence-electron chi connectivity index (χ3n) is 5.87. The molecule has 0 aliphatic heterocycles. The number of hydrogen-bond acceptors (Lipinski definition) is 9. The Morgan fingerprint density at radius 3 is 1.10 bits per heavy atom. The summed E-state index contributed by atoms with van der Waals surface area (Å²) in [6, 6.07) is 13.8. The van der Waals surface area contributed by atoms with Crippen molar-refractivity contribution < 1.29 is 43.4 Å². The molecule has 0 amide bonds. The van der Waals surface area contributed by atoms with Crippen molar-refractivity contribution in [3.63, 3.8) is 0 Å². The second-order valence-electron chi connectivity index (χ2n) is 12.4. The van der Waals surface area contributed by atoms with Crippen molar-refractivity contribution >= 4 is 18.1 Å². The number of carbonyl (C=O) groups excluding carboxylic acids is 3. The Labute approximate surface area is 236 Å². The highest BCUT2D eigenvalue weighted by Crippen LogP contribution is 2.28. The maximum atomic E-state index is 12.7. The molecule has 0 bridgehead atoms. The minimum Gasteiger partial charge on any atom is -0.400 e. The zero-order valence-corrected chi connectivity index (χ0v) is 25.1. The Kier molecular flexibility index (Phi) is 11.3. The molecule has 0 radical (unpaired) electrons. The highest BCUT2D eigenvalue weighted by Gasteiger charge is 2.37. The van der Waals surface area contributed by atoms with Gasteiger partial charge in [0.15, 0.2) is 0 Å². The van der Waals surface area contributed by atoms with Crippen LogP contribution >= 0.6 is 0 Å². The van der Waals surface area contributed by atoms with Gasteiger partial charge in [0.2, 0.25) is 0 Å². The second kappa shape index (κ2) is 13.8. The van der Waals surface area contributed by atoms with Crippen molar-refractivity contribution in [2.75, 3.05) is 0 Å². The van der Waals surface area contributed by atoms with Gasteiger partial charge in [-0.25, -0.2) is 14.4 Å². The predicted molar refractivity (Wildman–Crippen MR) is 148 cm³/mol. The molecule has 0 aromatic heterocycles. The number of rotatable bonds is 10. The molecule has 9 heteroatoms. The van der Waals surface area contributed by atoms with Crippen molar-refractivity contribution in [1.82, 2.24) is 0 Å². The molecule has 0 saturated carbocycles. The second-order valence-corrected chi connectivity index (χ2v) is 12.4. The summed E-state index contributed by atoms with van der Waals surface area (Å²) in [5.74, 6) is -0.866. The van der Waals surface area contributed by atoms with Gasteiger partial charge >= 0.3 is 18.1 Å². The average Bonchev–Trinajstić information content (AvgIpc) is 2.87. The number of hydrogen-bond donors (Lipinski definition) is 0. The van der Waals surface area contributed by atoms with Crippen LogP contribution in [0.1, 0.15) is 113 Å². The molecule has 2 unspecified atom stereocenters. The van der Waals surface area contributed by atoms with Gasteiger partial charge in [-0.05, 0) is 47.2 Å². The van der Waals surface area contributed by atoms with Crippen molar-refractivity contribution in [2.24, 2.45) is 10.8 Å². The van der Waals surface area contributed by atoms with E-state index in [9.17, 15) is 14.4 Å².